The van der Waals surface area contributed by atoms with Crippen molar-refractivity contribution in [3.63, 3.8) is 0 Å². The Morgan fingerprint density at radius 3 is 2.60 bits per heavy atom. The van der Waals surface area contributed by atoms with Gasteiger partial charge in [-0.15, -0.1) is 0 Å². The number of nitrogens with one attached hydrogen (secondary N) is 1. The maximum absolute atomic E-state index is 12.4. The first-order chi connectivity index (χ1) is 9.62. The number of piperidine rings is 1. The Bertz CT molecular complexity index is 555. The molecule has 0 aliphatic carbocycles. The summed E-state index contributed by atoms with van der Waals surface area (Å²) in [6.07, 6.45) is 2.22. The fourth-order valence-corrected chi connectivity index (χ4v) is 4.93. The lowest BCUT2D eigenvalue weighted by Crippen LogP contribution is -2.52. The monoisotopic (exact) mass is 309 g/mol. The average molecular weight is 310 g/mol. The molecule has 5 heteroatoms. The number of halogens is 1. The molecule has 3 nitrogen and oxygen atoms in total. The summed E-state index contributed by atoms with van der Waals surface area (Å²) in [6.45, 7) is 0. The molecule has 1 aromatic rings. The first-order valence-corrected chi connectivity index (χ1v) is 8.31. The molecule has 1 unspecified atom stereocenters. The Labute approximate surface area is 127 Å². The van der Waals surface area contributed by atoms with Crippen LogP contribution in [0.4, 0.5) is 0 Å². The van der Waals surface area contributed by atoms with Crippen LogP contribution in [0.2, 0.25) is 5.02 Å². The van der Waals surface area contributed by atoms with Gasteiger partial charge in [0.15, 0.2) is 0 Å². The van der Waals surface area contributed by atoms with Gasteiger partial charge in [-0.25, -0.2) is 0 Å². The first kappa shape index (κ1) is 14.0. The molecule has 106 valence electrons. The number of thioether (sulfide) groups is 1. The van der Waals surface area contributed by atoms with Crippen LogP contribution in [0.1, 0.15) is 30.7 Å². The lowest BCUT2D eigenvalue weighted by Gasteiger charge is -2.45. The quantitative estimate of drug-likeness (QED) is 0.811. The van der Waals surface area contributed by atoms with E-state index in [0.29, 0.717) is 11.4 Å². The van der Waals surface area contributed by atoms with Gasteiger partial charge in [0.2, 0.25) is 11.8 Å². The number of rotatable bonds is 1. The minimum absolute atomic E-state index is 0.148. The van der Waals surface area contributed by atoms with E-state index in [0.717, 1.165) is 29.9 Å². The fraction of sp³-hybridized carbons (Fsp3) is 0.467. The molecule has 2 heterocycles. The van der Waals surface area contributed by atoms with Crippen molar-refractivity contribution in [2.24, 2.45) is 5.41 Å². The Morgan fingerprint density at radius 2 is 1.90 bits per heavy atom. The van der Waals surface area contributed by atoms with Crippen LogP contribution in [-0.4, -0.2) is 23.3 Å². The molecule has 0 saturated carbocycles. The molecule has 3 rings (SSSR count). The number of hydrogen-bond acceptors (Lipinski definition) is 3. The normalized spacial score (nSPS) is 25.6. The molecule has 0 aromatic heterocycles. The third-order valence-electron chi connectivity index (χ3n) is 4.35. The molecule has 1 atom stereocenters. The highest BCUT2D eigenvalue weighted by Crippen LogP contribution is 2.51. The SMILES string of the molecule is O=C1CC2(CCSCC2)C(c2ccccc2Cl)C(=O)N1. The first-order valence-electron chi connectivity index (χ1n) is 6.78. The Morgan fingerprint density at radius 1 is 1.20 bits per heavy atom. The predicted molar refractivity (Wildman–Crippen MR) is 81.0 cm³/mol. The summed E-state index contributed by atoms with van der Waals surface area (Å²) >= 11 is 8.18. The summed E-state index contributed by atoms with van der Waals surface area (Å²) in [7, 11) is 0. The van der Waals surface area contributed by atoms with E-state index in [4.69, 9.17) is 11.6 Å². The van der Waals surface area contributed by atoms with Crippen molar-refractivity contribution in [2.75, 3.05) is 11.5 Å². The third-order valence-corrected chi connectivity index (χ3v) is 5.68. The smallest absolute Gasteiger partial charge is 0.234 e. The molecule has 2 amide bonds. The molecule has 1 aromatic carbocycles. The predicted octanol–water partition coefficient (Wildman–Crippen LogP) is 2.98. The van der Waals surface area contributed by atoms with E-state index in [1.807, 2.05) is 36.0 Å². The van der Waals surface area contributed by atoms with Gasteiger partial charge in [0.25, 0.3) is 0 Å². The number of hydrogen-bond donors (Lipinski definition) is 1. The van der Waals surface area contributed by atoms with Crippen LogP contribution in [-0.2, 0) is 9.59 Å². The maximum Gasteiger partial charge on any atom is 0.234 e. The van der Waals surface area contributed by atoms with Gasteiger partial charge < -0.3 is 0 Å². The highest BCUT2D eigenvalue weighted by atomic mass is 35.5. The van der Waals surface area contributed by atoms with Gasteiger partial charge in [0.05, 0.1) is 5.92 Å². The van der Waals surface area contributed by atoms with Crippen molar-refractivity contribution in [2.45, 2.75) is 25.2 Å². The number of imide groups is 1. The molecule has 0 radical (unpaired) electrons. The summed E-state index contributed by atoms with van der Waals surface area (Å²) in [5.74, 6) is 1.35. The second-order valence-corrected chi connectivity index (χ2v) is 7.15. The summed E-state index contributed by atoms with van der Waals surface area (Å²) in [5, 5.41) is 3.09. The van der Waals surface area contributed by atoms with Crippen molar-refractivity contribution in [3.8, 4) is 0 Å². The standard InChI is InChI=1S/C15H16ClNO2S/c16-11-4-2-1-3-10(11)13-14(19)17-12(18)9-15(13)5-7-20-8-6-15/h1-4,13H,5-9H2,(H,17,18,19). The van der Waals surface area contributed by atoms with Crippen LogP contribution in [0, 0.1) is 5.41 Å². The van der Waals surface area contributed by atoms with E-state index in [9.17, 15) is 9.59 Å². The second kappa shape index (κ2) is 5.41. The zero-order chi connectivity index (χ0) is 14.2. The largest absolute Gasteiger partial charge is 0.296 e. The molecule has 2 saturated heterocycles. The lowest BCUT2D eigenvalue weighted by atomic mass is 9.64. The van der Waals surface area contributed by atoms with Crippen LogP contribution in [0.15, 0.2) is 24.3 Å². The van der Waals surface area contributed by atoms with Crippen molar-refractivity contribution in [1.82, 2.24) is 5.32 Å². The van der Waals surface area contributed by atoms with E-state index < -0.39 is 0 Å². The van der Waals surface area contributed by atoms with E-state index in [1.165, 1.54) is 0 Å². The molecule has 0 bridgehead atoms. The van der Waals surface area contributed by atoms with Crippen molar-refractivity contribution in [3.05, 3.63) is 34.9 Å². The van der Waals surface area contributed by atoms with Crippen molar-refractivity contribution < 1.29 is 9.59 Å². The fourth-order valence-electron chi connectivity index (χ4n) is 3.38. The number of carbonyl (C=O) groups is 2. The Hall–Kier alpha value is -1.00. The Balaban J connectivity index is 2.06. The number of amides is 2. The summed E-state index contributed by atoms with van der Waals surface area (Å²) in [6, 6.07) is 7.48. The second-order valence-electron chi connectivity index (χ2n) is 5.52. The summed E-state index contributed by atoms with van der Waals surface area (Å²) < 4.78 is 0. The van der Waals surface area contributed by atoms with Gasteiger partial charge in [-0.2, -0.15) is 11.8 Å². The molecule has 1 N–H and O–H groups in total. The minimum atomic E-state index is -0.310. The third kappa shape index (κ3) is 2.35. The molecule has 2 aliphatic rings. The van der Waals surface area contributed by atoms with Gasteiger partial charge in [-0.3, -0.25) is 14.9 Å². The molecular formula is C15H16ClNO2S. The number of carbonyl (C=O) groups excluding carboxylic acids is 2. The number of benzene rings is 1. The van der Waals surface area contributed by atoms with Gasteiger partial charge >= 0.3 is 0 Å². The average Bonchev–Trinajstić information content (AvgIpc) is 2.41. The van der Waals surface area contributed by atoms with E-state index in [-0.39, 0.29) is 23.1 Å². The highest BCUT2D eigenvalue weighted by Gasteiger charge is 2.50. The highest BCUT2D eigenvalue weighted by molar-refractivity contribution is 7.99. The van der Waals surface area contributed by atoms with Gasteiger partial charge in [-0.05, 0) is 41.4 Å². The van der Waals surface area contributed by atoms with E-state index in [2.05, 4.69) is 5.32 Å². The topological polar surface area (TPSA) is 46.2 Å². The Kier molecular flexibility index (Phi) is 3.78. The van der Waals surface area contributed by atoms with Crippen molar-refractivity contribution >= 4 is 35.2 Å². The van der Waals surface area contributed by atoms with Crippen LogP contribution in [0.5, 0.6) is 0 Å². The van der Waals surface area contributed by atoms with Crippen molar-refractivity contribution in [1.29, 1.82) is 0 Å². The van der Waals surface area contributed by atoms with Crippen LogP contribution in [0.3, 0.4) is 0 Å². The molecule has 2 aliphatic heterocycles. The van der Waals surface area contributed by atoms with Gasteiger partial charge in [-0.1, -0.05) is 29.8 Å². The zero-order valence-corrected chi connectivity index (χ0v) is 12.6. The molecule has 1 spiro atoms. The molecule has 20 heavy (non-hydrogen) atoms. The summed E-state index contributed by atoms with van der Waals surface area (Å²) in [5.41, 5.74) is 0.599. The zero-order valence-electron chi connectivity index (χ0n) is 11.0. The van der Waals surface area contributed by atoms with E-state index >= 15 is 0 Å². The van der Waals surface area contributed by atoms with E-state index in [1.54, 1.807) is 0 Å². The lowest BCUT2D eigenvalue weighted by molar-refractivity contribution is -0.140. The molecular weight excluding hydrogens is 294 g/mol. The minimum Gasteiger partial charge on any atom is -0.296 e. The van der Waals surface area contributed by atoms with Crippen LogP contribution in [0.25, 0.3) is 0 Å². The molecule has 2 fully saturated rings. The van der Waals surface area contributed by atoms with Crippen LogP contribution >= 0.6 is 23.4 Å². The maximum atomic E-state index is 12.4. The van der Waals surface area contributed by atoms with Gasteiger partial charge in [0.1, 0.15) is 0 Å². The van der Waals surface area contributed by atoms with Crippen LogP contribution < -0.4 is 5.32 Å². The van der Waals surface area contributed by atoms with Gasteiger partial charge in [0, 0.05) is 11.4 Å². The summed E-state index contributed by atoms with van der Waals surface area (Å²) in [4.78, 5) is 24.3.